The number of benzene rings is 1. The van der Waals surface area contributed by atoms with Gasteiger partial charge in [-0.25, -0.2) is 9.67 Å². The first-order chi connectivity index (χ1) is 12.8. The number of hydrogen-bond acceptors (Lipinski definition) is 4. The van der Waals surface area contributed by atoms with Crippen LogP contribution < -0.4 is 5.32 Å². The number of hydrogen-bond donors (Lipinski definition) is 1. The zero-order valence-corrected chi connectivity index (χ0v) is 15.1. The predicted octanol–water partition coefficient (Wildman–Crippen LogP) is 4.79. The van der Waals surface area contributed by atoms with E-state index in [4.69, 9.17) is 0 Å². The Labute approximate surface area is 156 Å². The van der Waals surface area contributed by atoms with Crippen LogP contribution in [0.1, 0.15) is 45.5 Å². The molecule has 4 rings (SSSR count). The lowest BCUT2D eigenvalue weighted by molar-refractivity contribution is -0.142. The van der Waals surface area contributed by atoms with E-state index in [1.165, 1.54) is 23.5 Å². The van der Waals surface area contributed by atoms with E-state index < -0.39 is 11.9 Å². The highest BCUT2D eigenvalue weighted by atomic mass is 32.1. The molecule has 1 aliphatic rings. The normalized spacial score (nSPS) is 14.4. The van der Waals surface area contributed by atoms with Crippen molar-refractivity contribution >= 4 is 22.9 Å². The maximum Gasteiger partial charge on any atom is 0.433 e. The number of halogens is 3. The molecule has 5 nitrogen and oxygen atoms in total. The van der Waals surface area contributed by atoms with E-state index in [1.807, 2.05) is 0 Å². The first-order valence-electron chi connectivity index (χ1n) is 8.32. The lowest BCUT2D eigenvalue weighted by Crippen LogP contribution is -2.14. The van der Waals surface area contributed by atoms with E-state index in [2.05, 4.69) is 15.4 Å². The molecule has 140 valence electrons. The van der Waals surface area contributed by atoms with Crippen molar-refractivity contribution in [1.29, 1.82) is 0 Å². The van der Waals surface area contributed by atoms with Gasteiger partial charge < -0.3 is 5.32 Å². The van der Waals surface area contributed by atoms with Gasteiger partial charge in [-0.15, -0.1) is 11.3 Å². The number of carbonyl (C=O) groups is 1. The zero-order valence-electron chi connectivity index (χ0n) is 14.2. The van der Waals surface area contributed by atoms with Crippen LogP contribution in [0.15, 0.2) is 35.8 Å². The van der Waals surface area contributed by atoms with E-state index in [0.29, 0.717) is 27.6 Å². The van der Waals surface area contributed by atoms with E-state index in [-0.39, 0.29) is 11.8 Å². The van der Waals surface area contributed by atoms with E-state index in [1.54, 1.807) is 24.6 Å². The van der Waals surface area contributed by atoms with Gasteiger partial charge in [0, 0.05) is 11.6 Å². The fraction of sp³-hybridized carbons (Fsp3) is 0.278. The zero-order chi connectivity index (χ0) is 19.2. The van der Waals surface area contributed by atoms with Gasteiger partial charge in [0.05, 0.1) is 22.6 Å². The monoisotopic (exact) mass is 392 g/mol. The predicted molar refractivity (Wildman–Crippen MR) is 95.3 cm³/mol. The van der Waals surface area contributed by atoms with E-state index in [0.717, 1.165) is 23.6 Å². The molecule has 0 unspecified atom stereocenters. The van der Waals surface area contributed by atoms with E-state index in [9.17, 15) is 18.0 Å². The van der Waals surface area contributed by atoms with Crippen LogP contribution in [0, 0.1) is 6.92 Å². The maximum absolute atomic E-state index is 13.4. The molecule has 1 fully saturated rings. The molecule has 1 aromatic carbocycles. The van der Waals surface area contributed by atoms with Gasteiger partial charge in [-0.1, -0.05) is 0 Å². The van der Waals surface area contributed by atoms with Crippen molar-refractivity contribution in [3.63, 3.8) is 0 Å². The van der Waals surface area contributed by atoms with Gasteiger partial charge in [0.25, 0.3) is 5.91 Å². The Morgan fingerprint density at radius 2 is 1.96 bits per heavy atom. The van der Waals surface area contributed by atoms with Gasteiger partial charge in [-0.3, -0.25) is 4.79 Å². The fourth-order valence-electron chi connectivity index (χ4n) is 2.77. The summed E-state index contributed by atoms with van der Waals surface area (Å²) in [6.45, 7) is 1.74. The summed E-state index contributed by atoms with van der Waals surface area (Å²) in [5.74, 6) is -0.178. The smallest absolute Gasteiger partial charge is 0.321 e. The average molecular weight is 392 g/mol. The van der Waals surface area contributed by atoms with Crippen molar-refractivity contribution in [2.75, 3.05) is 5.32 Å². The Hall–Kier alpha value is -2.68. The Balaban J connectivity index is 1.59. The van der Waals surface area contributed by atoms with Crippen molar-refractivity contribution in [2.45, 2.75) is 31.9 Å². The van der Waals surface area contributed by atoms with Crippen LogP contribution >= 0.6 is 11.3 Å². The number of anilines is 1. The summed E-state index contributed by atoms with van der Waals surface area (Å²) in [7, 11) is 0. The Morgan fingerprint density at radius 3 is 2.52 bits per heavy atom. The highest BCUT2D eigenvalue weighted by Crippen LogP contribution is 2.42. The molecule has 3 aromatic rings. The lowest BCUT2D eigenvalue weighted by Gasteiger charge is -2.11. The standard InChI is InChI=1S/C18H15F3N4OS/c1-10-16(27-9-22-10)17(26)23-12-4-6-13(7-5-12)25-15(18(19,20)21)8-14(24-25)11-2-3-11/h4-9,11H,2-3H2,1H3,(H,23,26). The second-order valence-electron chi connectivity index (χ2n) is 6.41. The van der Waals surface area contributed by atoms with Crippen molar-refractivity contribution in [3.8, 4) is 5.69 Å². The van der Waals surface area contributed by atoms with Crippen molar-refractivity contribution in [2.24, 2.45) is 0 Å². The van der Waals surface area contributed by atoms with Gasteiger partial charge in [-0.2, -0.15) is 18.3 Å². The number of nitrogens with one attached hydrogen (secondary N) is 1. The molecule has 0 radical (unpaired) electrons. The third kappa shape index (κ3) is 3.59. The summed E-state index contributed by atoms with van der Waals surface area (Å²) in [6.07, 6.45) is -2.75. The minimum atomic E-state index is -4.49. The van der Waals surface area contributed by atoms with Crippen LogP contribution in [0.5, 0.6) is 0 Å². The number of nitrogens with zero attached hydrogens (tertiary/aromatic N) is 3. The van der Waals surface area contributed by atoms with E-state index >= 15 is 0 Å². The van der Waals surface area contributed by atoms with Gasteiger partial charge in [0.1, 0.15) is 10.6 Å². The molecule has 1 N–H and O–H groups in total. The highest BCUT2D eigenvalue weighted by molar-refractivity contribution is 7.12. The molecule has 0 saturated heterocycles. The summed E-state index contributed by atoms with van der Waals surface area (Å²) in [5.41, 5.74) is 2.68. The molecule has 2 heterocycles. The van der Waals surface area contributed by atoms with Crippen LogP contribution in [0.3, 0.4) is 0 Å². The summed E-state index contributed by atoms with van der Waals surface area (Å²) >= 11 is 1.23. The number of thiazole rings is 1. The summed E-state index contributed by atoms with van der Waals surface area (Å²) in [4.78, 5) is 16.7. The Morgan fingerprint density at radius 1 is 1.26 bits per heavy atom. The topological polar surface area (TPSA) is 59.8 Å². The molecule has 9 heteroatoms. The molecule has 1 aliphatic carbocycles. The summed E-state index contributed by atoms with van der Waals surface area (Å²) in [6, 6.07) is 7.26. The van der Waals surface area contributed by atoms with Gasteiger partial charge >= 0.3 is 6.18 Å². The number of amides is 1. The molecule has 2 aromatic heterocycles. The molecule has 0 atom stereocenters. The van der Waals surface area contributed by atoms with Crippen LogP contribution in [0.25, 0.3) is 5.69 Å². The highest BCUT2D eigenvalue weighted by Gasteiger charge is 2.38. The second kappa shape index (κ2) is 6.49. The quantitative estimate of drug-likeness (QED) is 0.695. The number of rotatable bonds is 4. The SMILES string of the molecule is Cc1ncsc1C(=O)Nc1ccc(-n2nc(C3CC3)cc2C(F)(F)F)cc1. The number of aromatic nitrogens is 3. The van der Waals surface area contributed by atoms with Gasteiger partial charge in [-0.05, 0) is 50.1 Å². The molecule has 1 saturated carbocycles. The molecule has 0 bridgehead atoms. The molecule has 0 spiro atoms. The van der Waals surface area contributed by atoms with Gasteiger partial charge in [0.15, 0.2) is 0 Å². The number of aryl methyl sites for hydroxylation is 1. The number of carbonyl (C=O) groups excluding carboxylic acids is 1. The number of alkyl halides is 3. The average Bonchev–Trinajstić information content (AvgIpc) is 3.20. The van der Waals surface area contributed by atoms with Crippen molar-refractivity contribution < 1.29 is 18.0 Å². The minimum absolute atomic E-state index is 0.119. The molecular formula is C18H15F3N4OS. The molecule has 1 amide bonds. The largest absolute Gasteiger partial charge is 0.433 e. The molecular weight excluding hydrogens is 377 g/mol. The second-order valence-corrected chi connectivity index (χ2v) is 7.26. The fourth-order valence-corrected chi connectivity index (χ4v) is 3.47. The first kappa shape index (κ1) is 17.7. The van der Waals surface area contributed by atoms with Gasteiger partial charge in [0.2, 0.25) is 0 Å². The first-order valence-corrected chi connectivity index (χ1v) is 9.20. The lowest BCUT2D eigenvalue weighted by atomic mass is 10.2. The minimum Gasteiger partial charge on any atom is -0.321 e. The van der Waals surface area contributed by atoms with Crippen molar-refractivity contribution in [3.05, 3.63) is 57.8 Å². The molecule has 27 heavy (non-hydrogen) atoms. The third-order valence-corrected chi connectivity index (χ3v) is 5.26. The Bertz CT molecular complexity index is 987. The van der Waals surface area contributed by atoms with Crippen LogP contribution in [-0.4, -0.2) is 20.7 Å². The summed E-state index contributed by atoms with van der Waals surface area (Å²) in [5, 5.41) is 6.88. The third-order valence-electron chi connectivity index (χ3n) is 4.34. The van der Waals surface area contributed by atoms with Crippen LogP contribution in [-0.2, 0) is 6.18 Å². The van der Waals surface area contributed by atoms with Crippen molar-refractivity contribution in [1.82, 2.24) is 14.8 Å². The maximum atomic E-state index is 13.4. The molecule has 0 aliphatic heterocycles. The van der Waals surface area contributed by atoms with Crippen LogP contribution in [0.2, 0.25) is 0 Å². The van der Waals surface area contributed by atoms with Crippen LogP contribution in [0.4, 0.5) is 18.9 Å². The Kier molecular flexibility index (Phi) is 4.26. The summed E-state index contributed by atoms with van der Waals surface area (Å²) < 4.78 is 41.0.